The minimum absolute atomic E-state index is 0.187. The Morgan fingerprint density at radius 3 is 3.14 bits per heavy atom. The van der Waals surface area contributed by atoms with Crippen molar-refractivity contribution in [1.29, 1.82) is 0 Å². The van der Waals surface area contributed by atoms with Crippen LogP contribution in [-0.2, 0) is 11.3 Å². The first-order valence-electron chi connectivity index (χ1n) is 6.51. The van der Waals surface area contributed by atoms with Crippen LogP contribution in [0.1, 0.15) is 5.82 Å². The van der Waals surface area contributed by atoms with Gasteiger partial charge in [-0.15, -0.1) is 10.2 Å². The van der Waals surface area contributed by atoms with Crippen molar-refractivity contribution >= 4 is 11.8 Å². The van der Waals surface area contributed by atoms with Gasteiger partial charge in [0, 0.05) is 6.07 Å². The van der Waals surface area contributed by atoms with Crippen LogP contribution in [0.2, 0.25) is 0 Å². The minimum Gasteiger partial charge on any atom is -0.483 e. The fourth-order valence-electron chi connectivity index (χ4n) is 2.51. The molecule has 3 heterocycles. The topological polar surface area (TPSA) is 89.7 Å². The molecule has 2 aliphatic heterocycles. The van der Waals surface area contributed by atoms with Gasteiger partial charge in [-0.05, 0) is 12.1 Å². The van der Waals surface area contributed by atoms with Crippen LogP contribution in [0.4, 0.5) is 10.5 Å². The summed E-state index contributed by atoms with van der Waals surface area (Å²) in [6.45, 7) is 0.472. The second-order valence-electron chi connectivity index (χ2n) is 4.86. The number of aromatic nitrogens is 3. The molecule has 0 aliphatic carbocycles. The molecule has 8 nitrogen and oxygen atoms in total. The lowest BCUT2D eigenvalue weighted by atomic mass is 10.2. The Labute approximate surface area is 119 Å². The maximum atomic E-state index is 11.8. The van der Waals surface area contributed by atoms with Crippen LogP contribution in [-0.4, -0.2) is 45.2 Å². The van der Waals surface area contributed by atoms with E-state index in [1.165, 1.54) is 4.90 Å². The Balaban J connectivity index is 1.70. The highest BCUT2D eigenvalue weighted by molar-refractivity contribution is 5.90. The Morgan fingerprint density at radius 2 is 2.33 bits per heavy atom. The van der Waals surface area contributed by atoms with E-state index in [0.29, 0.717) is 24.6 Å². The number of hydrogen-bond acceptors (Lipinski definition) is 6. The number of carbonyl (C=O) groups excluding carboxylic acids is 1. The zero-order valence-corrected chi connectivity index (χ0v) is 11.0. The molecule has 1 fully saturated rings. The number of amides is 1. The van der Waals surface area contributed by atoms with E-state index >= 15 is 0 Å². The average molecular weight is 288 g/mol. The third kappa shape index (κ3) is 1.83. The smallest absolute Gasteiger partial charge is 0.414 e. The molecule has 108 valence electrons. The third-order valence-electron chi connectivity index (χ3n) is 3.57. The second kappa shape index (κ2) is 4.45. The lowest BCUT2D eigenvalue weighted by Crippen LogP contribution is -2.25. The van der Waals surface area contributed by atoms with E-state index in [-0.39, 0.29) is 6.61 Å². The van der Waals surface area contributed by atoms with E-state index in [0.717, 1.165) is 11.5 Å². The average Bonchev–Trinajstić information content (AvgIpc) is 3.12. The highest BCUT2D eigenvalue weighted by Gasteiger charge is 2.32. The number of ether oxygens (including phenoxy) is 2. The van der Waals surface area contributed by atoms with Crippen molar-refractivity contribution in [2.75, 3.05) is 18.1 Å². The Kier molecular flexibility index (Phi) is 2.58. The van der Waals surface area contributed by atoms with Crippen molar-refractivity contribution in [3.8, 4) is 11.4 Å². The predicted molar refractivity (Wildman–Crippen MR) is 70.4 cm³/mol. The number of carbonyl (C=O) groups is 1. The molecule has 8 heteroatoms. The molecule has 2 aromatic rings. The first-order chi connectivity index (χ1) is 10.3. The molecule has 0 bridgehead atoms. The maximum absolute atomic E-state index is 11.8. The fraction of sp³-hybridized carbons (Fsp3) is 0.308. The number of hydrogen-bond donors (Lipinski definition) is 1. The molecule has 1 aromatic carbocycles. The number of anilines is 1. The number of benzene rings is 1. The van der Waals surface area contributed by atoms with Crippen molar-refractivity contribution in [3.05, 3.63) is 30.4 Å². The molecule has 0 saturated carbocycles. The van der Waals surface area contributed by atoms with Crippen molar-refractivity contribution in [3.63, 3.8) is 0 Å². The summed E-state index contributed by atoms with van der Waals surface area (Å²) in [5, 5.41) is 16.9. The molecule has 0 spiro atoms. The van der Waals surface area contributed by atoms with Gasteiger partial charge in [0.1, 0.15) is 24.8 Å². The summed E-state index contributed by atoms with van der Waals surface area (Å²) in [6.07, 6.45) is 0.677. The van der Waals surface area contributed by atoms with Gasteiger partial charge >= 0.3 is 6.09 Å². The van der Waals surface area contributed by atoms with Gasteiger partial charge in [0.2, 0.25) is 0 Å². The summed E-state index contributed by atoms with van der Waals surface area (Å²) >= 11 is 0. The van der Waals surface area contributed by atoms with Crippen molar-refractivity contribution < 1.29 is 19.4 Å². The Bertz CT molecular complexity index is 714. The SMILES string of the molecule is O=C1O[C@@H](CO)CN1c1ccc2c(c1)OCc1nncn1-2. The molecule has 0 unspecified atom stereocenters. The van der Waals surface area contributed by atoms with Crippen molar-refractivity contribution in [2.24, 2.45) is 0 Å². The zero-order valence-electron chi connectivity index (χ0n) is 11.0. The van der Waals surface area contributed by atoms with Gasteiger partial charge in [-0.1, -0.05) is 0 Å². The van der Waals surface area contributed by atoms with E-state index < -0.39 is 12.2 Å². The Morgan fingerprint density at radius 1 is 1.43 bits per heavy atom. The molecule has 0 radical (unpaired) electrons. The van der Waals surface area contributed by atoms with Crippen LogP contribution < -0.4 is 9.64 Å². The zero-order chi connectivity index (χ0) is 14.4. The van der Waals surface area contributed by atoms with Crippen LogP contribution in [0.25, 0.3) is 5.69 Å². The standard InChI is InChI=1S/C13H12N4O4/c18-5-9-4-16(13(19)21-9)8-1-2-10-11(3-8)20-6-12-15-14-7-17(10)12/h1-3,7,9,18H,4-6H2/t9-/m1/s1. The van der Waals surface area contributed by atoms with Gasteiger partial charge in [-0.2, -0.15) is 0 Å². The van der Waals surface area contributed by atoms with Gasteiger partial charge in [0.25, 0.3) is 0 Å². The summed E-state index contributed by atoms with van der Waals surface area (Å²) in [5.74, 6) is 1.39. The molecule has 1 N–H and O–H groups in total. The minimum atomic E-state index is -0.487. The van der Waals surface area contributed by atoms with E-state index in [1.54, 1.807) is 18.5 Å². The second-order valence-corrected chi connectivity index (χ2v) is 4.86. The van der Waals surface area contributed by atoms with Gasteiger partial charge < -0.3 is 14.6 Å². The number of aliphatic hydroxyl groups is 1. The summed E-state index contributed by atoms with van der Waals surface area (Å²) in [7, 11) is 0. The molecule has 2 aliphatic rings. The van der Waals surface area contributed by atoms with E-state index in [4.69, 9.17) is 14.6 Å². The van der Waals surface area contributed by atoms with E-state index in [2.05, 4.69) is 10.2 Å². The third-order valence-corrected chi connectivity index (χ3v) is 3.57. The molecule has 1 atom stereocenters. The van der Waals surface area contributed by atoms with Crippen LogP contribution in [0.5, 0.6) is 5.75 Å². The summed E-state index contributed by atoms with van der Waals surface area (Å²) in [4.78, 5) is 13.3. The predicted octanol–water partition coefficient (Wildman–Crippen LogP) is 0.477. The normalized spacial score (nSPS) is 19.8. The summed E-state index contributed by atoms with van der Waals surface area (Å²) in [5.41, 5.74) is 1.50. The van der Waals surface area contributed by atoms with Crippen LogP contribution in [0.3, 0.4) is 0 Å². The molecule has 4 rings (SSSR count). The number of cyclic esters (lactones) is 1. The van der Waals surface area contributed by atoms with Crippen LogP contribution >= 0.6 is 0 Å². The van der Waals surface area contributed by atoms with Gasteiger partial charge in [-0.3, -0.25) is 9.47 Å². The molecular weight excluding hydrogens is 276 g/mol. The quantitative estimate of drug-likeness (QED) is 0.864. The van der Waals surface area contributed by atoms with Crippen molar-refractivity contribution in [1.82, 2.24) is 14.8 Å². The van der Waals surface area contributed by atoms with Gasteiger partial charge in [0.05, 0.1) is 24.5 Å². The van der Waals surface area contributed by atoms with Gasteiger partial charge in [-0.25, -0.2) is 4.79 Å². The number of fused-ring (bicyclic) bond motifs is 3. The maximum Gasteiger partial charge on any atom is 0.414 e. The highest BCUT2D eigenvalue weighted by atomic mass is 16.6. The monoisotopic (exact) mass is 288 g/mol. The van der Waals surface area contributed by atoms with Crippen molar-refractivity contribution in [2.45, 2.75) is 12.7 Å². The lowest BCUT2D eigenvalue weighted by molar-refractivity contribution is 0.0963. The first kappa shape index (κ1) is 12.2. The summed E-state index contributed by atoms with van der Waals surface area (Å²) in [6, 6.07) is 5.42. The number of aliphatic hydroxyl groups excluding tert-OH is 1. The highest BCUT2D eigenvalue weighted by Crippen LogP contribution is 2.34. The van der Waals surface area contributed by atoms with E-state index in [1.807, 2.05) is 10.6 Å². The molecule has 1 saturated heterocycles. The molecule has 1 amide bonds. The van der Waals surface area contributed by atoms with Gasteiger partial charge in [0.15, 0.2) is 5.82 Å². The number of nitrogens with zero attached hydrogens (tertiary/aromatic N) is 4. The molecule has 1 aromatic heterocycles. The fourth-order valence-corrected chi connectivity index (χ4v) is 2.51. The lowest BCUT2D eigenvalue weighted by Gasteiger charge is -2.21. The summed E-state index contributed by atoms with van der Waals surface area (Å²) < 4.78 is 12.5. The molecule has 21 heavy (non-hydrogen) atoms. The van der Waals surface area contributed by atoms with Crippen LogP contribution in [0, 0.1) is 0 Å². The van der Waals surface area contributed by atoms with E-state index in [9.17, 15) is 4.79 Å². The molecular formula is C13H12N4O4. The number of rotatable bonds is 2. The first-order valence-corrected chi connectivity index (χ1v) is 6.51. The largest absolute Gasteiger partial charge is 0.483 e. The Hall–Kier alpha value is -2.61. The van der Waals surface area contributed by atoms with Crippen LogP contribution in [0.15, 0.2) is 24.5 Å².